The first kappa shape index (κ1) is 14.9. The number of aromatic nitrogens is 1. The van der Waals surface area contributed by atoms with Crippen molar-refractivity contribution in [2.45, 2.75) is 26.3 Å². The van der Waals surface area contributed by atoms with E-state index in [0.717, 1.165) is 0 Å². The van der Waals surface area contributed by atoms with Gasteiger partial charge < -0.3 is 14.6 Å². The van der Waals surface area contributed by atoms with E-state index in [0.29, 0.717) is 6.42 Å². The minimum Gasteiger partial charge on any atom is -0.480 e. The van der Waals surface area contributed by atoms with E-state index in [1.807, 2.05) is 6.92 Å². The van der Waals surface area contributed by atoms with Gasteiger partial charge in [-0.3, -0.25) is 14.4 Å². The van der Waals surface area contributed by atoms with Crippen LogP contribution in [0.15, 0.2) is 23.0 Å². The van der Waals surface area contributed by atoms with Gasteiger partial charge in [0.1, 0.15) is 12.2 Å². The quantitative estimate of drug-likeness (QED) is 0.851. The summed E-state index contributed by atoms with van der Waals surface area (Å²) >= 11 is 0. The van der Waals surface area contributed by atoms with Crippen molar-refractivity contribution in [3.05, 3.63) is 34.2 Å². The average Bonchev–Trinajstić information content (AvgIpc) is 2.37. The number of carboxylic acid groups (broad SMARTS) is 1. The van der Waals surface area contributed by atoms with Crippen molar-refractivity contribution in [2.75, 3.05) is 6.54 Å². The number of rotatable bonds is 5. The van der Waals surface area contributed by atoms with Crippen LogP contribution in [0.4, 0.5) is 0 Å². The zero-order valence-electron chi connectivity index (χ0n) is 11.3. The molecule has 1 aromatic rings. The Bertz CT molecular complexity index is 536. The summed E-state index contributed by atoms with van der Waals surface area (Å²) in [4.78, 5) is 36.0. The molecule has 0 aliphatic heterocycles. The fourth-order valence-corrected chi connectivity index (χ4v) is 1.72. The standard InChI is InChI=1S/C13H18N2O4/c1-4-9(2)15(8-12(17)18)13(19)10-6-5-7-11(16)14(10)3/h5-7,9H,4,8H2,1-3H3,(H,17,18). The maximum absolute atomic E-state index is 12.4. The molecule has 0 aliphatic rings. The van der Waals surface area contributed by atoms with E-state index < -0.39 is 11.9 Å². The van der Waals surface area contributed by atoms with E-state index in [9.17, 15) is 14.4 Å². The second kappa shape index (κ2) is 6.17. The van der Waals surface area contributed by atoms with Crippen LogP contribution in [0.25, 0.3) is 0 Å². The van der Waals surface area contributed by atoms with E-state index in [-0.39, 0.29) is 23.8 Å². The molecule has 0 saturated carbocycles. The van der Waals surface area contributed by atoms with Gasteiger partial charge in [-0.05, 0) is 19.4 Å². The van der Waals surface area contributed by atoms with Crippen LogP contribution < -0.4 is 5.56 Å². The largest absolute Gasteiger partial charge is 0.480 e. The van der Waals surface area contributed by atoms with E-state index in [1.54, 1.807) is 6.92 Å². The molecule has 0 aromatic carbocycles. The number of carbonyl (C=O) groups excluding carboxylic acids is 1. The summed E-state index contributed by atoms with van der Waals surface area (Å²) in [6, 6.07) is 4.15. The summed E-state index contributed by atoms with van der Waals surface area (Å²) < 4.78 is 1.22. The molecular formula is C13H18N2O4. The van der Waals surface area contributed by atoms with Crippen LogP contribution in [0.3, 0.4) is 0 Å². The van der Waals surface area contributed by atoms with Crippen molar-refractivity contribution < 1.29 is 14.7 Å². The van der Waals surface area contributed by atoms with Crippen LogP contribution in [0.5, 0.6) is 0 Å². The summed E-state index contributed by atoms with van der Waals surface area (Å²) in [5.74, 6) is -1.52. The third kappa shape index (κ3) is 3.43. The van der Waals surface area contributed by atoms with Crippen LogP contribution in [-0.2, 0) is 11.8 Å². The number of carbonyl (C=O) groups is 2. The van der Waals surface area contributed by atoms with Crippen molar-refractivity contribution in [1.29, 1.82) is 0 Å². The lowest BCUT2D eigenvalue weighted by molar-refractivity contribution is -0.138. The predicted octanol–water partition coefficient (Wildman–Crippen LogP) is 0.711. The van der Waals surface area contributed by atoms with Crippen LogP contribution in [0.2, 0.25) is 0 Å². The van der Waals surface area contributed by atoms with Crippen molar-refractivity contribution in [3.8, 4) is 0 Å². The monoisotopic (exact) mass is 266 g/mol. The van der Waals surface area contributed by atoms with Gasteiger partial charge in [-0.1, -0.05) is 13.0 Å². The fraction of sp³-hybridized carbons (Fsp3) is 0.462. The fourth-order valence-electron chi connectivity index (χ4n) is 1.72. The molecule has 1 atom stereocenters. The van der Waals surface area contributed by atoms with Gasteiger partial charge in [0, 0.05) is 19.2 Å². The first-order valence-corrected chi connectivity index (χ1v) is 6.07. The van der Waals surface area contributed by atoms with Crippen molar-refractivity contribution in [2.24, 2.45) is 7.05 Å². The molecule has 1 N–H and O–H groups in total. The second-order valence-electron chi connectivity index (χ2n) is 4.39. The third-order valence-corrected chi connectivity index (χ3v) is 3.09. The second-order valence-corrected chi connectivity index (χ2v) is 4.39. The van der Waals surface area contributed by atoms with Crippen LogP contribution >= 0.6 is 0 Å². The molecule has 1 amide bonds. The highest BCUT2D eigenvalue weighted by Gasteiger charge is 2.24. The molecule has 0 bridgehead atoms. The number of amides is 1. The molecule has 19 heavy (non-hydrogen) atoms. The Morgan fingerprint density at radius 3 is 2.58 bits per heavy atom. The molecule has 104 valence electrons. The summed E-state index contributed by atoms with van der Waals surface area (Å²) in [7, 11) is 1.49. The molecule has 6 heteroatoms. The van der Waals surface area contributed by atoms with Crippen LogP contribution in [-0.4, -0.2) is 39.0 Å². The summed E-state index contributed by atoms with van der Waals surface area (Å²) in [6.07, 6.45) is 0.639. The number of aliphatic carboxylic acids is 1. The van der Waals surface area contributed by atoms with Gasteiger partial charge >= 0.3 is 5.97 Å². The molecule has 1 aromatic heterocycles. The number of pyridine rings is 1. The van der Waals surface area contributed by atoms with Crippen molar-refractivity contribution in [3.63, 3.8) is 0 Å². The van der Waals surface area contributed by atoms with Gasteiger partial charge in [0.15, 0.2) is 0 Å². The zero-order valence-corrected chi connectivity index (χ0v) is 11.3. The molecule has 0 spiro atoms. The number of hydrogen-bond acceptors (Lipinski definition) is 3. The summed E-state index contributed by atoms with van der Waals surface area (Å²) in [5, 5.41) is 8.89. The molecule has 0 saturated heterocycles. The highest BCUT2D eigenvalue weighted by molar-refractivity contribution is 5.94. The lowest BCUT2D eigenvalue weighted by Crippen LogP contribution is -2.43. The van der Waals surface area contributed by atoms with E-state index in [2.05, 4.69) is 0 Å². The highest BCUT2D eigenvalue weighted by atomic mass is 16.4. The van der Waals surface area contributed by atoms with Crippen LogP contribution in [0, 0.1) is 0 Å². The van der Waals surface area contributed by atoms with Gasteiger partial charge in [0.25, 0.3) is 11.5 Å². The number of carboxylic acids is 1. The smallest absolute Gasteiger partial charge is 0.323 e. The molecule has 6 nitrogen and oxygen atoms in total. The van der Waals surface area contributed by atoms with Gasteiger partial charge in [-0.25, -0.2) is 0 Å². The van der Waals surface area contributed by atoms with E-state index >= 15 is 0 Å². The summed E-state index contributed by atoms with van der Waals surface area (Å²) in [6.45, 7) is 3.27. The molecule has 1 rings (SSSR count). The first-order chi connectivity index (χ1) is 8.88. The average molecular weight is 266 g/mol. The lowest BCUT2D eigenvalue weighted by Gasteiger charge is -2.27. The molecule has 0 radical (unpaired) electrons. The Hall–Kier alpha value is -2.11. The van der Waals surface area contributed by atoms with Crippen molar-refractivity contribution >= 4 is 11.9 Å². The van der Waals surface area contributed by atoms with E-state index in [1.165, 1.54) is 34.7 Å². The molecule has 1 heterocycles. The first-order valence-electron chi connectivity index (χ1n) is 6.07. The SMILES string of the molecule is CCC(C)N(CC(=O)O)C(=O)c1cccc(=O)n1C. The minimum atomic E-state index is -1.07. The Balaban J connectivity index is 3.15. The topological polar surface area (TPSA) is 79.6 Å². The Labute approximate surface area is 111 Å². The molecule has 1 unspecified atom stereocenters. The van der Waals surface area contributed by atoms with Gasteiger partial charge in [-0.2, -0.15) is 0 Å². The Kier molecular flexibility index (Phi) is 4.86. The highest BCUT2D eigenvalue weighted by Crippen LogP contribution is 2.09. The zero-order chi connectivity index (χ0) is 14.6. The minimum absolute atomic E-state index is 0.189. The predicted molar refractivity (Wildman–Crippen MR) is 70.1 cm³/mol. The van der Waals surface area contributed by atoms with Gasteiger partial charge in [0.2, 0.25) is 0 Å². The summed E-state index contributed by atoms with van der Waals surface area (Å²) in [5.41, 5.74) is -0.112. The third-order valence-electron chi connectivity index (χ3n) is 3.09. The molecular weight excluding hydrogens is 248 g/mol. The lowest BCUT2D eigenvalue weighted by atomic mass is 10.2. The van der Waals surface area contributed by atoms with Gasteiger partial charge in [0.05, 0.1) is 0 Å². The molecule has 0 fully saturated rings. The number of hydrogen-bond donors (Lipinski definition) is 1. The normalized spacial score (nSPS) is 11.9. The maximum atomic E-state index is 12.4. The van der Waals surface area contributed by atoms with Crippen molar-refractivity contribution in [1.82, 2.24) is 9.47 Å². The Morgan fingerprint density at radius 2 is 2.05 bits per heavy atom. The Morgan fingerprint density at radius 1 is 1.42 bits per heavy atom. The maximum Gasteiger partial charge on any atom is 0.323 e. The molecule has 0 aliphatic carbocycles. The van der Waals surface area contributed by atoms with E-state index in [4.69, 9.17) is 5.11 Å². The van der Waals surface area contributed by atoms with Crippen LogP contribution in [0.1, 0.15) is 30.8 Å². The number of nitrogens with zero attached hydrogens (tertiary/aromatic N) is 2. The van der Waals surface area contributed by atoms with Gasteiger partial charge in [-0.15, -0.1) is 0 Å².